The summed E-state index contributed by atoms with van der Waals surface area (Å²) in [5.41, 5.74) is -0.234. The summed E-state index contributed by atoms with van der Waals surface area (Å²) in [6, 6.07) is 0. The van der Waals surface area contributed by atoms with Crippen molar-refractivity contribution in [2.24, 2.45) is 5.41 Å². The highest BCUT2D eigenvalue weighted by molar-refractivity contribution is 7.93. The molecule has 60 valence electrons. The first-order valence-electron chi connectivity index (χ1n) is 3.09. The summed E-state index contributed by atoms with van der Waals surface area (Å²) in [4.78, 5) is 0. The predicted octanol–water partition coefficient (Wildman–Crippen LogP) is 1.40. The molecule has 1 fully saturated rings. The van der Waals surface area contributed by atoms with Gasteiger partial charge in [0.15, 0.2) is 14.0 Å². The molecule has 0 aliphatic heterocycles. The van der Waals surface area contributed by atoms with Crippen LogP contribution in [0.3, 0.4) is 0 Å². The van der Waals surface area contributed by atoms with Gasteiger partial charge in [0.2, 0.25) is 0 Å². The second kappa shape index (κ2) is 1.69. The van der Waals surface area contributed by atoms with E-state index in [0.717, 1.165) is 0 Å². The first kappa shape index (κ1) is 8.34. The molecule has 0 heterocycles. The third kappa shape index (κ3) is 0.873. The summed E-state index contributed by atoms with van der Waals surface area (Å²) in [7, 11) is -3.07. The van der Waals surface area contributed by atoms with Crippen LogP contribution in [0.25, 0.3) is 0 Å². The molecule has 4 heteroatoms. The smallest absolute Gasteiger partial charge is 0.167 e. The molecule has 1 rings (SSSR count). The molecule has 0 saturated heterocycles. The highest BCUT2D eigenvalue weighted by Gasteiger charge is 2.67. The maximum atomic E-state index is 11.0. The van der Waals surface area contributed by atoms with Crippen LogP contribution in [0.4, 0.5) is 0 Å². The molecule has 0 aromatic rings. The number of sulfone groups is 1. The third-order valence-corrected chi connectivity index (χ3v) is 5.50. The minimum Gasteiger partial charge on any atom is -0.227 e. The zero-order valence-electron chi connectivity index (χ0n) is 6.31. The summed E-state index contributed by atoms with van der Waals surface area (Å²) >= 11 is 5.82. The summed E-state index contributed by atoms with van der Waals surface area (Å²) < 4.78 is 21.0. The molecule has 1 aliphatic rings. The van der Waals surface area contributed by atoms with E-state index < -0.39 is 14.0 Å². The van der Waals surface area contributed by atoms with Crippen LogP contribution in [-0.4, -0.2) is 18.9 Å². The Labute approximate surface area is 66.5 Å². The van der Waals surface area contributed by atoms with Gasteiger partial charge in [-0.2, -0.15) is 0 Å². The Hall–Kier alpha value is 0.240. The lowest BCUT2D eigenvalue weighted by molar-refractivity contribution is 0.575. The number of alkyl halides is 1. The van der Waals surface area contributed by atoms with Gasteiger partial charge in [0.25, 0.3) is 0 Å². The van der Waals surface area contributed by atoms with Gasteiger partial charge >= 0.3 is 0 Å². The zero-order chi connectivity index (χ0) is 8.21. The summed E-state index contributed by atoms with van der Waals surface area (Å²) in [5.74, 6) is 0. The Bertz CT molecular complexity index is 255. The molecule has 2 nitrogen and oxygen atoms in total. The Balaban J connectivity index is 3.00. The average Bonchev–Trinajstić information content (AvgIpc) is 2.05. The van der Waals surface area contributed by atoms with Gasteiger partial charge in [0.05, 0.1) is 0 Å². The first-order chi connectivity index (χ1) is 4.21. The van der Waals surface area contributed by atoms with Crippen LogP contribution >= 0.6 is 11.6 Å². The van der Waals surface area contributed by atoms with Crippen LogP contribution < -0.4 is 0 Å². The second-order valence-electron chi connectivity index (χ2n) is 3.56. The molecular formula is C6H11ClO2S. The third-order valence-electron chi connectivity index (χ3n) is 2.14. The van der Waals surface area contributed by atoms with E-state index >= 15 is 0 Å². The standard InChI is InChI=1S/C6H11ClO2S/c1-5(2)4-6(5,7)10(3,8)9/h4H2,1-3H3. The molecule has 0 spiro atoms. The van der Waals surface area contributed by atoms with Crippen molar-refractivity contribution in [3.8, 4) is 0 Å². The fourth-order valence-corrected chi connectivity index (χ4v) is 3.12. The van der Waals surface area contributed by atoms with Gasteiger partial charge < -0.3 is 0 Å². The summed E-state index contributed by atoms with van der Waals surface area (Å²) in [5, 5.41) is 0. The van der Waals surface area contributed by atoms with E-state index in [0.29, 0.717) is 6.42 Å². The van der Waals surface area contributed by atoms with E-state index in [1.165, 1.54) is 6.26 Å². The topological polar surface area (TPSA) is 34.1 Å². The van der Waals surface area contributed by atoms with Crippen molar-refractivity contribution in [1.29, 1.82) is 0 Å². The minimum atomic E-state index is -3.07. The monoisotopic (exact) mass is 182 g/mol. The zero-order valence-corrected chi connectivity index (χ0v) is 7.88. The highest BCUT2D eigenvalue weighted by Crippen LogP contribution is 2.63. The van der Waals surface area contributed by atoms with Crippen LogP contribution in [0.5, 0.6) is 0 Å². The van der Waals surface area contributed by atoms with Gasteiger partial charge in [-0.05, 0) is 6.42 Å². The molecule has 0 aromatic heterocycles. The predicted molar refractivity (Wildman–Crippen MR) is 41.8 cm³/mol. The largest absolute Gasteiger partial charge is 0.227 e. The van der Waals surface area contributed by atoms with E-state index in [9.17, 15) is 8.42 Å². The van der Waals surface area contributed by atoms with E-state index in [2.05, 4.69) is 0 Å². The molecule has 1 atom stereocenters. The Kier molecular flexibility index (Phi) is 1.41. The first-order valence-corrected chi connectivity index (χ1v) is 5.36. The van der Waals surface area contributed by atoms with Crippen molar-refractivity contribution in [2.45, 2.75) is 24.5 Å². The molecule has 10 heavy (non-hydrogen) atoms. The van der Waals surface area contributed by atoms with Gasteiger partial charge in [0.1, 0.15) is 0 Å². The molecule has 0 aromatic carbocycles. The molecule has 1 aliphatic carbocycles. The summed E-state index contributed by atoms with van der Waals surface area (Å²) in [6.45, 7) is 3.72. The van der Waals surface area contributed by atoms with Gasteiger partial charge in [-0.15, -0.1) is 11.6 Å². The van der Waals surface area contributed by atoms with E-state index in [1.54, 1.807) is 0 Å². The lowest BCUT2D eigenvalue weighted by Crippen LogP contribution is -2.20. The van der Waals surface area contributed by atoms with Gasteiger partial charge in [0, 0.05) is 11.7 Å². The lowest BCUT2D eigenvalue weighted by atomic mass is 10.2. The van der Waals surface area contributed by atoms with Crippen molar-refractivity contribution < 1.29 is 8.42 Å². The molecule has 0 radical (unpaired) electrons. The van der Waals surface area contributed by atoms with E-state index in [-0.39, 0.29) is 5.41 Å². The molecule has 1 unspecified atom stereocenters. The summed E-state index contributed by atoms with van der Waals surface area (Å²) in [6.07, 6.45) is 1.76. The fourth-order valence-electron chi connectivity index (χ4n) is 1.16. The highest BCUT2D eigenvalue weighted by atomic mass is 35.5. The minimum absolute atomic E-state index is 0.234. The normalized spacial score (nSPS) is 37.6. The Morgan fingerprint density at radius 1 is 1.40 bits per heavy atom. The lowest BCUT2D eigenvalue weighted by Gasteiger charge is -2.08. The SMILES string of the molecule is CC1(C)CC1(Cl)S(C)(=O)=O. The molecule has 1 saturated carbocycles. The number of halogens is 1. The maximum Gasteiger partial charge on any atom is 0.167 e. The van der Waals surface area contributed by atoms with Crippen molar-refractivity contribution >= 4 is 21.4 Å². The van der Waals surface area contributed by atoms with Crippen LogP contribution in [0.1, 0.15) is 20.3 Å². The van der Waals surface area contributed by atoms with Crippen molar-refractivity contribution in [3.63, 3.8) is 0 Å². The van der Waals surface area contributed by atoms with Crippen molar-refractivity contribution in [2.75, 3.05) is 6.26 Å². The number of hydrogen-bond acceptors (Lipinski definition) is 2. The Morgan fingerprint density at radius 2 is 1.70 bits per heavy atom. The van der Waals surface area contributed by atoms with Crippen LogP contribution in [0.2, 0.25) is 0 Å². The Morgan fingerprint density at radius 3 is 1.70 bits per heavy atom. The molecule has 0 N–H and O–H groups in total. The molecular weight excluding hydrogens is 172 g/mol. The molecule has 0 amide bonds. The maximum absolute atomic E-state index is 11.0. The van der Waals surface area contributed by atoms with Crippen molar-refractivity contribution in [1.82, 2.24) is 0 Å². The average molecular weight is 183 g/mol. The fraction of sp³-hybridized carbons (Fsp3) is 1.00. The number of hydrogen-bond donors (Lipinski definition) is 0. The van der Waals surface area contributed by atoms with E-state index in [4.69, 9.17) is 11.6 Å². The quantitative estimate of drug-likeness (QED) is 0.575. The van der Waals surface area contributed by atoms with Gasteiger partial charge in [-0.1, -0.05) is 13.8 Å². The van der Waals surface area contributed by atoms with Gasteiger partial charge in [-0.3, -0.25) is 0 Å². The number of rotatable bonds is 1. The van der Waals surface area contributed by atoms with Crippen LogP contribution in [0, 0.1) is 5.41 Å². The second-order valence-corrected chi connectivity index (χ2v) is 6.67. The van der Waals surface area contributed by atoms with Crippen LogP contribution in [-0.2, 0) is 9.84 Å². The van der Waals surface area contributed by atoms with Gasteiger partial charge in [-0.25, -0.2) is 8.42 Å². The molecule has 0 bridgehead atoms. The van der Waals surface area contributed by atoms with E-state index in [1.807, 2.05) is 13.8 Å². The van der Waals surface area contributed by atoms with Crippen LogP contribution in [0.15, 0.2) is 0 Å². The van der Waals surface area contributed by atoms with Crippen molar-refractivity contribution in [3.05, 3.63) is 0 Å².